The normalized spacial score (nSPS) is 13.1. The van der Waals surface area contributed by atoms with Crippen LogP contribution in [0.1, 0.15) is 16.6 Å². The minimum Gasteiger partial charge on any atom is -0.480 e. The second kappa shape index (κ2) is 5.70. The summed E-state index contributed by atoms with van der Waals surface area (Å²) in [6.07, 6.45) is 1.21. The Balaban J connectivity index is 2.32. The first-order chi connectivity index (χ1) is 9.40. The third-order valence-electron chi connectivity index (χ3n) is 2.52. The summed E-state index contributed by atoms with van der Waals surface area (Å²) in [6.45, 7) is 1.68. The van der Waals surface area contributed by atoms with Gasteiger partial charge in [-0.15, -0.1) is 11.3 Å². The van der Waals surface area contributed by atoms with Gasteiger partial charge in [0, 0.05) is 0 Å². The lowest BCUT2D eigenvalue weighted by molar-refractivity contribution is -0.139. The predicted octanol–water partition coefficient (Wildman–Crippen LogP) is 1.56. The molecule has 1 heterocycles. The Labute approximate surface area is 120 Å². The molecule has 20 heavy (non-hydrogen) atoms. The maximum absolute atomic E-state index is 12.1. The zero-order valence-corrected chi connectivity index (χ0v) is 12.1. The molecule has 0 saturated heterocycles. The van der Waals surface area contributed by atoms with Crippen molar-refractivity contribution in [1.29, 1.82) is 0 Å². The Kier molecular flexibility index (Phi) is 4.17. The number of rotatable bonds is 5. The number of hydrogen-bond acceptors (Lipinski definition) is 5. The SMILES string of the molecule is Cc1ncc(S(=O)(=O)NC(C(=O)O)c2ccccc2)s1. The highest BCUT2D eigenvalue weighted by atomic mass is 32.2. The third kappa shape index (κ3) is 3.21. The van der Waals surface area contributed by atoms with Crippen molar-refractivity contribution >= 4 is 27.3 Å². The molecule has 1 unspecified atom stereocenters. The molecule has 0 aliphatic rings. The molecular formula is C12H12N2O4S2. The molecule has 2 N–H and O–H groups in total. The van der Waals surface area contributed by atoms with Gasteiger partial charge in [0.05, 0.1) is 11.2 Å². The van der Waals surface area contributed by atoms with Crippen LogP contribution in [0.15, 0.2) is 40.7 Å². The smallest absolute Gasteiger partial charge is 0.326 e. The van der Waals surface area contributed by atoms with Gasteiger partial charge in [-0.05, 0) is 12.5 Å². The number of benzene rings is 1. The summed E-state index contributed by atoms with van der Waals surface area (Å²) < 4.78 is 26.4. The third-order valence-corrected chi connectivity index (χ3v) is 5.31. The highest BCUT2D eigenvalue weighted by Crippen LogP contribution is 2.21. The number of carbonyl (C=O) groups is 1. The molecule has 2 rings (SSSR count). The van der Waals surface area contributed by atoms with E-state index in [1.807, 2.05) is 0 Å². The number of nitrogens with zero attached hydrogens (tertiary/aromatic N) is 1. The van der Waals surface area contributed by atoms with E-state index in [4.69, 9.17) is 0 Å². The largest absolute Gasteiger partial charge is 0.480 e. The molecule has 2 aromatic rings. The van der Waals surface area contributed by atoms with Gasteiger partial charge in [0.2, 0.25) is 0 Å². The van der Waals surface area contributed by atoms with Gasteiger partial charge in [0.25, 0.3) is 10.0 Å². The summed E-state index contributed by atoms with van der Waals surface area (Å²) in [5.41, 5.74) is 0.366. The summed E-state index contributed by atoms with van der Waals surface area (Å²) in [5.74, 6) is -1.26. The molecule has 0 aliphatic carbocycles. The molecule has 1 atom stereocenters. The zero-order valence-electron chi connectivity index (χ0n) is 10.5. The van der Waals surface area contributed by atoms with E-state index in [9.17, 15) is 18.3 Å². The zero-order chi connectivity index (χ0) is 14.8. The van der Waals surface area contributed by atoms with E-state index in [-0.39, 0.29) is 4.21 Å². The van der Waals surface area contributed by atoms with E-state index in [1.54, 1.807) is 37.3 Å². The number of hydrogen-bond donors (Lipinski definition) is 2. The lowest BCUT2D eigenvalue weighted by atomic mass is 10.1. The number of aromatic nitrogens is 1. The number of thiazole rings is 1. The van der Waals surface area contributed by atoms with Crippen LogP contribution < -0.4 is 4.72 Å². The molecule has 8 heteroatoms. The van der Waals surface area contributed by atoms with E-state index in [2.05, 4.69) is 9.71 Å². The quantitative estimate of drug-likeness (QED) is 0.873. The molecule has 0 amide bonds. The summed E-state index contributed by atoms with van der Waals surface area (Å²) >= 11 is 0.989. The lowest BCUT2D eigenvalue weighted by Crippen LogP contribution is -2.33. The Morgan fingerprint density at radius 1 is 1.35 bits per heavy atom. The fraction of sp³-hybridized carbons (Fsp3) is 0.167. The number of carboxylic acids is 1. The summed E-state index contributed by atoms with van der Waals surface area (Å²) in [7, 11) is -3.91. The predicted molar refractivity (Wildman–Crippen MR) is 74.0 cm³/mol. The van der Waals surface area contributed by atoms with Gasteiger partial charge in [-0.3, -0.25) is 4.79 Å². The van der Waals surface area contributed by atoms with Crippen LogP contribution in [0, 0.1) is 6.92 Å². The average molecular weight is 312 g/mol. The monoisotopic (exact) mass is 312 g/mol. The standard InChI is InChI=1S/C12H12N2O4S2/c1-8-13-7-10(19-8)20(17,18)14-11(12(15)16)9-5-3-2-4-6-9/h2-7,11,14H,1H3,(H,15,16). The van der Waals surface area contributed by atoms with Crippen molar-refractivity contribution in [1.82, 2.24) is 9.71 Å². The molecular weight excluding hydrogens is 300 g/mol. The van der Waals surface area contributed by atoms with Crippen LogP contribution in [0.5, 0.6) is 0 Å². The molecule has 0 saturated carbocycles. The first-order valence-electron chi connectivity index (χ1n) is 5.62. The van der Waals surface area contributed by atoms with E-state index < -0.39 is 22.0 Å². The van der Waals surface area contributed by atoms with Crippen molar-refractivity contribution in [2.24, 2.45) is 0 Å². The van der Waals surface area contributed by atoms with Gasteiger partial charge < -0.3 is 5.11 Å². The van der Waals surface area contributed by atoms with Gasteiger partial charge in [-0.25, -0.2) is 13.4 Å². The molecule has 1 aromatic carbocycles. The van der Waals surface area contributed by atoms with Crippen molar-refractivity contribution in [3.63, 3.8) is 0 Å². The maximum Gasteiger partial charge on any atom is 0.326 e. The number of carboxylic acid groups (broad SMARTS) is 1. The van der Waals surface area contributed by atoms with Crippen LogP contribution in [0.25, 0.3) is 0 Å². The number of sulfonamides is 1. The van der Waals surface area contributed by atoms with E-state index in [0.29, 0.717) is 10.6 Å². The lowest BCUT2D eigenvalue weighted by Gasteiger charge is -2.14. The van der Waals surface area contributed by atoms with Crippen molar-refractivity contribution in [2.45, 2.75) is 17.2 Å². The second-order valence-electron chi connectivity index (χ2n) is 4.00. The van der Waals surface area contributed by atoms with Gasteiger partial charge in [0.1, 0.15) is 6.04 Å². The van der Waals surface area contributed by atoms with Crippen LogP contribution in [0.3, 0.4) is 0 Å². The molecule has 0 spiro atoms. The van der Waals surface area contributed by atoms with Gasteiger partial charge in [-0.2, -0.15) is 4.72 Å². The van der Waals surface area contributed by atoms with E-state index in [1.165, 1.54) is 6.20 Å². The van der Waals surface area contributed by atoms with Crippen molar-refractivity contribution in [3.8, 4) is 0 Å². The Morgan fingerprint density at radius 2 is 2.00 bits per heavy atom. The fourth-order valence-corrected chi connectivity index (χ4v) is 3.89. The second-order valence-corrected chi connectivity index (χ2v) is 7.18. The van der Waals surface area contributed by atoms with Crippen molar-refractivity contribution in [2.75, 3.05) is 0 Å². The molecule has 6 nitrogen and oxygen atoms in total. The Bertz CT molecular complexity index is 710. The summed E-state index contributed by atoms with van der Waals surface area (Å²) in [5, 5.41) is 9.80. The summed E-state index contributed by atoms with van der Waals surface area (Å²) in [4.78, 5) is 15.1. The molecule has 106 valence electrons. The van der Waals surface area contributed by atoms with Gasteiger partial charge >= 0.3 is 5.97 Å². The van der Waals surface area contributed by atoms with Crippen LogP contribution in [0.4, 0.5) is 0 Å². The molecule has 1 aromatic heterocycles. The molecule has 0 bridgehead atoms. The van der Waals surface area contributed by atoms with E-state index in [0.717, 1.165) is 11.3 Å². The minimum atomic E-state index is -3.91. The van der Waals surface area contributed by atoms with Crippen LogP contribution >= 0.6 is 11.3 Å². The summed E-state index contributed by atoms with van der Waals surface area (Å²) in [6, 6.07) is 6.80. The number of nitrogens with one attached hydrogen (secondary N) is 1. The number of aryl methyl sites for hydroxylation is 1. The number of aliphatic carboxylic acids is 1. The average Bonchev–Trinajstić information content (AvgIpc) is 2.84. The molecule has 0 fully saturated rings. The maximum atomic E-state index is 12.1. The van der Waals surface area contributed by atoms with Crippen LogP contribution in [-0.4, -0.2) is 24.5 Å². The van der Waals surface area contributed by atoms with Crippen LogP contribution in [-0.2, 0) is 14.8 Å². The first kappa shape index (κ1) is 14.6. The Hall–Kier alpha value is -1.77. The van der Waals surface area contributed by atoms with Crippen molar-refractivity contribution < 1.29 is 18.3 Å². The van der Waals surface area contributed by atoms with Crippen molar-refractivity contribution in [3.05, 3.63) is 47.1 Å². The van der Waals surface area contributed by atoms with Gasteiger partial charge in [-0.1, -0.05) is 30.3 Å². The molecule has 0 radical (unpaired) electrons. The van der Waals surface area contributed by atoms with Gasteiger partial charge in [0.15, 0.2) is 4.21 Å². The highest BCUT2D eigenvalue weighted by Gasteiger charge is 2.27. The molecule has 0 aliphatic heterocycles. The Morgan fingerprint density at radius 3 is 2.50 bits per heavy atom. The topological polar surface area (TPSA) is 96.4 Å². The van der Waals surface area contributed by atoms with E-state index >= 15 is 0 Å². The van der Waals surface area contributed by atoms with Crippen LogP contribution in [0.2, 0.25) is 0 Å². The first-order valence-corrected chi connectivity index (χ1v) is 7.92. The minimum absolute atomic E-state index is 0.00261. The highest BCUT2D eigenvalue weighted by molar-refractivity contribution is 7.91. The fourth-order valence-electron chi connectivity index (χ4n) is 1.59.